The quantitative estimate of drug-likeness (QED) is 0.815. The topological polar surface area (TPSA) is 49.8 Å². The van der Waals surface area contributed by atoms with Crippen LogP contribution in [-0.2, 0) is 4.79 Å². The zero-order valence-corrected chi connectivity index (χ0v) is 10.8. The fourth-order valence-electron chi connectivity index (χ4n) is 2.02. The van der Waals surface area contributed by atoms with E-state index in [1.807, 2.05) is 32.2 Å². The number of nitrogens with zero attached hydrogens (tertiary/aromatic N) is 1. The van der Waals surface area contributed by atoms with Crippen LogP contribution in [0.3, 0.4) is 0 Å². The summed E-state index contributed by atoms with van der Waals surface area (Å²) in [5.74, 6) is -0.150. The lowest BCUT2D eigenvalue weighted by atomic mass is 10.1. The Morgan fingerprint density at radius 2 is 2.17 bits per heavy atom. The van der Waals surface area contributed by atoms with Crippen LogP contribution < -0.4 is 9.64 Å². The largest absolute Gasteiger partial charge is 0.486 e. The number of fused-ring (bicyclic) bond motifs is 1. The maximum atomic E-state index is 10.5. The van der Waals surface area contributed by atoms with Crippen molar-refractivity contribution in [2.45, 2.75) is 26.0 Å². The van der Waals surface area contributed by atoms with E-state index < -0.39 is 5.97 Å². The molecule has 1 heterocycles. The lowest BCUT2D eigenvalue weighted by molar-refractivity contribution is -0.131. The van der Waals surface area contributed by atoms with Gasteiger partial charge in [-0.3, -0.25) is 0 Å². The van der Waals surface area contributed by atoms with Crippen molar-refractivity contribution in [1.82, 2.24) is 0 Å². The second-order valence-electron chi connectivity index (χ2n) is 4.57. The van der Waals surface area contributed by atoms with Crippen LogP contribution in [0.5, 0.6) is 5.75 Å². The number of benzene rings is 1. The number of carboxylic acids is 1. The lowest BCUT2D eigenvalue weighted by Crippen LogP contribution is -2.44. The van der Waals surface area contributed by atoms with Crippen molar-refractivity contribution in [2.24, 2.45) is 0 Å². The first-order valence-corrected chi connectivity index (χ1v) is 5.93. The predicted molar refractivity (Wildman–Crippen MR) is 71.1 cm³/mol. The molecule has 0 aromatic heterocycles. The Hall–Kier alpha value is -1.97. The summed E-state index contributed by atoms with van der Waals surface area (Å²) in [7, 11) is 2.04. The van der Waals surface area contributed by atoms with Crippen molar-refractivity contribution in [1.29, 1.82) is 0 Å². The fraction of sp³-hybridized carbons (Fsp3) is 0.357. The molecule has 1 N–H and O–H groups in total. The minimum atomic E-state index is -0.951. The Balaban J connectivity index is 2.33. The van der Waals surface area contributed by atoms with Crippen LogP contribution in [0.25, 0.3) is 6.08 Å². The normalized spacial score (nSPS) is 22.7. The van der Waals surface area contributed by atoms with Gasteiger partial charge in [-0.2, -0.15) is 0 Å². The summed E-state index contributed by atoms with van der Waals surface area (Å²) < 4.78 is 5.84. The van der Waals surface area contributed by atoms with Crippen molar-refractivity contribution in [3.05, 3.63) is 29.8 Å². The van der Waals surface area contributed by atoms with E-state index in [9.17, 15) is 4.79 Å². The van der Waals surface area contributed by atoms with Gasteiger partial charge in [0.25, 0.3) is 0 Å². The van der Waals surface area contributed by atoms with Gasteiger partial charge in [0, 0.05) is 13.1 Å². The van der Waals surface area contributed by atoms with Crippen LogP contribution in [0.15, 0.2) is 24.3 Å². The van der Waals surface area contributed by atoms with Gasteiger partial charge < -0.3 is 14.7 Å². The molecule has 0 spiro atoms. The third-order valence-corrected chi connectivity index (χ3v) is 3.39. The zero-order valence-electron chi connectivity index (χ0n) is 10.8. The molecule has 0 radical (unpaired) electrons. The molecule has 1 aliphatic rings. The average molecular weight is 247 g/mol. The van der Waals surface area contributed by atoms with E-state index in [4.69, 9.17) is 9.84 Å². The molecule has 2 rings (SSSR count). The number of hydrogen-bond donors (Lipinski definition) is 1. The molecule has 0 fully saturated rings. The Bertz CT molecular complexity index is 496. The first kappa shape index (κ1) is 12.5. The van der Waals surface area contributed by atoms with E-state index in [1.165, 1.54) is 0 Å². The van der Waals surface area contributed by atoms with Gasteiger partial charge in [0.05, 0.1) is 11.7 Å². The van der Waals surface area contributed by atoms with Crippen molar-refractivity contribution in [3.63, 3.8) is 0 Å². The summed E-state index contributed by atoms with van der Waals surface area (Å²) in [5.41, 5.74) is 1.86. The van der Waals surface area contributed by atoms with Gasteiger partial charge in [0.2, 0.25) is 0 Å². The van der Waals surface area contributed by atoms with Gasteiger partial charge in [-0.15, -0.1) is 0 Å². The maximum absolute atomic E-state index is 10.5. The number of anilines is 1. The van der Waals surface area contributed by atoms with Crippen LogP contribution in [-0.4, -0.2) is 30.3 Å². The number of likely N-dealkylation sites (N-methyl/N-ethyl adjacent to an activating group) is 1. The third-order valence-electron chi connectivity index (χ3n) is 3.39. The van der Waals surface area contributed by atoms with Crippen LogP contribution in [0.4, 0.5) is 5.69 Å². The highest BCUT2D eigenvalue weighted by Crippen LogP contribution is 2.36. The molecule has 4 heteroatoms. The van der Waals surface area contributed by atoms with Gasteiger partial charge in [-0.25, -0.2) is 4.79 Å². The fourth-order valence-corrected chi connectivity index (χ4v) is 2.02. The Labute approximate surface area is 106 Å². The predicted octanol–water partition coefficient (Wildman–Crippen LogP) is 2.39. The molecule has 2 unspecified atom stereocenters. The standard InChI is InChI=1S/C14H17NO3/c1-9-10(2)18-13-8-11(5-7-14(16)17)4-6-12(13)15(9)3/h4-10H,1-3H3,(H,16,17)/b7-5-. The molecule has 1 aromatic carbocycles. The Morgan fingerprint density at radius 1 is 1.44 bits per heavy atom. The number of rotatable bonds is 2. The smallest absolute Gasteiger partial charge is 0.328 e. The highest BCUT2D eigenvalue weighted by atomic mass is 16.5. The Kier molecular flexibility index (Phi) is 3.28. The summed E-state index contributed by atoms with van der Waals surface area (Å²) in [6.45, 7) is 4.15. The van der Waals surface area contributed by atoms with E-state index in [2.05, 4.69) is 11.8 Å². The number of carbonyl (C=O) groups is 1. The van der Waals surface area contributed by atoms with E-state index in [0.717, 1.165) is 23.1 Å². The number of carboxylic acid groups (broad SMARTS) is 1. The van der Waals surface area contributed by atoms with Crippen LogP contribution in [0, 0.1) is 0 Å². The molecule has 96 valence electrons. The molecule has 1 aromatic rings. The zero-order chi connectivity index (χ0) is 13.3. The average Bonchev–Trinajstić information content (AvgIpc) is 2.33. The second-order valence-corrected chi connectivity index (χ2v) is 4.57. The number of ether oxygens (including phenoxy) is 1. The molecule has 0 saturated carbocycles. The molecule has 0 saturated heterocycles. The van der Waals surface area contributed by atoms with Gasteiger partial charge in [-0.1, -0.05) is 6.07 Å². The van der Waals surface area contributed by atoms with Gasteiger partial charge in [0.15, 0.2) is 0 Å². The van der Waals surface area contributed by atoms with Crippen LogP contribution in [0.2, 0.25) is 0 Å². The summed E-state index contributed by atoms with van der Waals surface area (Å²) in [4.78, 5) is 12.7. The van der Waals surface area contributed by atoms with Gasteiger partial charge in [-0.05, 0) is 37.6 Å². The van der Waals surface area contributed by atoms with Crippen molar-refractivity contribution in [3.8, 4) is 5.75 Å². The molecule has 2 atom stereocenters. The molecule has 18 heavy (non-hydrogen) atoms. The van der Waals surface area contributed by atoms with E-state index in [-0.39, 0.29) is 6.10 Å². The highest BCUT2D eigenvalue weighted by molar-refractivity contribution is 5.85. The first-order valence-electron chi connectivity index (χ1n) is 5.93. The summed E-state index contributed by atoms with van der Waals surface area (Å²) in [6.07, 6.45) is 2.80. The molecular formula is C14H17NO3. The Morgan fingerprint density at radius 3 is 2.83 bits per heavy atom. The van der Waals surface area contributed by atoms with Gasteiger partial charge >= 0.3 is 5.97 Å². The monoisotopic (exact) mass is 247 g/mol. The molecule has 0 aliphatic carbocycles. The third kappa shape index (κ3) is 2.32. The minimum absolute atomic E-state index is 0.112. The first-order chi connectivity index (χ1) is 8.49. The van der Waals surface area contributed by atoms with Crippen molar-refractivity contribution < 1.29 is 14.6 Å². The number of aliphatic carboxylic acids is 1. The summed E-state index contributed by atoms with van der Waals surface area (Å²) in [5, 5.41) is 8.61. The van der Waals surface area contributed by atoms with E-state index >= 15 is 0 Å². The van der Waals surface area contributed by atoms with Crippen LogP contribution >= 0.6 is 0 Å². The molecular weight excluding hydrogens is 230 g/mol. The second kappa shape index (κ2) is 4.72. The number of hydrogen-bond acceptors (Lipinski definition) is 3. The highest BCUT2D eigenvalue weighted by Gasteiger charge is 2.27. The molecule has 4 nitrogen and oxygen atoms in total. The van der Waals surface area contributed by atoms with Crippen molar-refractivity contribution in [2.75, 3.05) is 11.9 Å². The maximum Gasteiger partial charge on any atom is 0.328 e. The van der Waals surface area contributed by atoms with Gasteiger partial charge in [0.1, 0.15) is 11.9 Å². The molecule has 0 bridgehead atoms. The molecule has 0 amide bonds. The lowest BCUT2D eigenvalue weighted by Gasteiger charge is -2.38. The van der Waals surface area contributed by atoms with Crippen molar-refractivity contribution >= 4 is 17.7 Å². The SMILES string of the molecule is CC1Oc2cc(/C=C\C(=O)O)ccc2N(C)C1C. The summed E-state index contributed by atoms with van der Waals surface area (Å²) in [6, 6.07) is 6.03. The minimum Gasteiger partial charge on any atom is -0.486 e. The van der Waals surface area contributed by atoms with E-state index in [1.54, 1.807) is 6.08 Å². The molecule has 1 aliphatic heterocycles. The van der Waals surface area contributed by atoms with E-state index in [0.29, 0.717) is 6.04 Å². The van der Waals surface area contributed by atoms with Crippen LogP contribution in [0.1, 0.15) is 19.4 Å². The summed E-state index contributed by atoms with van der Waals surface area (Å²) >= 11 is 0.